The van der Waals surface area contributed by atoms with E-state index < -0.39 is 0 Å². The smallest absolute Gasteiger partial charge is 0.175 e. The summed E-state index contributed by atoms with van der Waals surface area (Å²) in [5.41, 5.74) is 7.39. The number of ether oxygens (including phenoxy) is 2. The third kappa shape index (κ3) is 4.32. The first-order valence-corrected chi connectivity index (χ1v) is 12.9. The second-order valence-corrected chi connectivity index (χ2v) is 10.8. The van der Waals surface area contributed by atoms with Gasteiger partial charge in [-0.2, -0.15) is 0 Å². The van der Waals surface area contributed by atoms with E-state index >= 15 is 0 Å². The number of methoxy groups -OCH3 is 1. The van der Waals surface area contributed by atoms with Crippen molar-refractivity contribution in [3.05, 3.63) is 97.0 Å². The number of aryl methyl sites for hydroxylation is 2. The van der Waals surface area contributed by atoms with Crippen LogP contribution in [0, 0.1) is 19.8 Å². The van der Waals surface area contributed by atoms with Crippen molar-refractivity contribution in [3.63, 3.8) is 0 Å². The zero-order valence-electron chi connectivity index (χ0n) is 19.3. The number of rotatable bonds is 5. The van der Waals surface area contributed by atoms with Crippen LogP contribution >= 0.6 is 39.1 Å². The predicted octanol–water partition coefficient (Wildman–Crippen LogP) is 8.79. The highest BCUT2D eigenvalue weighted by molar-refractivity contribution is 9.10. The highest BCUT2D eigenvalue weighted by Gasteiger charge is 2.39. The van der Waals surface area contributed by atoms with Gasteiger partial charge in [-0.25, -0.2) is 0 Å². The van der Waals surface area contributed by atoms with Crippen molar-refractivity contribution < 1.29 is 9.47 Å². The highest BCUT2D eigenvalue weighted by atomic mass is 79.9. The zero-order valence-corrected chi connectivity index (χ0v) is 22.4. The predicted molar refractivity (Wildman–Crippen MR) is 144 cm³/mol. The molecule has 2 aliphatic rings. The van der Waals surface area contributed by atoms with Gasteiger partial charge in [0.1, 0.15) is 6.61 Å². The molecule has 0 unspecified atom stereocenters. The molecule has 3 aromatic carbocycles. The Labute approximate surface area is 219 Å². The number of hydrogen-bond donors (Lipinski definition) is 1. The Morgan fingerprint density at radius 3 is 2.65 bits per heavy atom. The molecule has 1 heterocycles. The zero-order chi connectivity index (χ0) is 24.0. The van der Waals surface area contributed by atoms with Gasteiger partial charge in [0.25, 0.3) is 0 Å². The van der Waals surface area contributed by atoms with Gasteiger partial charge in [-0.1, -0.05) is 47.5 Å². The minimum absolute atomic E-state index is 0.169. The largest absolute Gasteiger partial charge is 0.493 e. The van der Waals surface area contributed by atoms with Crippen molar-refractivity contribution >= 4 is 44.8 Å². The van der Waals surface area contributed by atoms with E-state index in [1.165, 1.54) is 27.9 Å². The van der Waals surface area contributed by atoms with Gasteiger partial charge >= 0.3 is 0 Å². The Bertz CT molecular complexity index is 1290. The SMILES string of the molecule is COc1cc([C@@H]2Nc3cc(C)cc(C)c3[C@@H]3C=CC[C@@H]32)cc(Br)c1OCc1ccc(Cl)c(Cl)c1. The van der Waals surface area contributed by atoms with Crippen molar-refractivity contribution in [2.45, 2.75) is 38.8 Å². The molecule has 1 aliphatic carbocycles. The van der Waals surface area contributed by atoms with Crippen LogP contribution in [-0.2, 0) is 6.61 Å². The van der Waals surface area contributed by atoms with Gasteiger partial charge in [-0.05, 0) is 100 Å². The fourth-order valence-electron chi connectivity index (χ4n) is 5.32. The van der Waals surface area contributed by atoms with Crippen LogP contribution in [0.2, 0.25) is 10.0 Å². The molecular weight excluding hydrogens is 533 g/mol. The molecule has 5 rings (SSSR count). The molecule has 0 amide bonds. The van der Waals surface area contributed by atoms with Crippen LogP contribution in [0.1, 0.15) is 46.2 Å². The highest BCUT2D eigenvalue weighted by Crippen LogP contribution is 2.52. The summed E-state index contributed by atoms with van der Waals surface area (Å²) in [7, 11) is 1.67. The fourth-order valence-corrected chi connectivity index (χ4v) is 6.21. The minimum atomic E-state index is 0.169. The normalized spacial score (nSPS) is 20.5. The number of allylic oxidation sites excluding steroid dienone is 2. The first-order valence-electron chi connectivity index (χ1n) is 11.3. The van der Waals surface area contributed by atoms with Crippen molar-refractivity contribution in [2.75, 3.05) is 12.4 Å². The maximum Gasteiger partial charge on any atom is 0.175 e. The topological polar surface area (TPSA) is 30.5 Å². The summed E-state index contributed by atoms with van der Waals surface area (Å²) < 4.78 is 12.8. The van der Waals surface area contributed by atoms with E-state index in [0.29, 0.717) is 40.0 Å². The number of benzene rings is 3. The molecule has 176 valence electrons. The van der Waals surface area contributed by atoms with Gasteiger partial charge in [0.05, 0.1) is 27.7 Å². The summed E-state index contributed by atoms with van der Waals surface area (Å²) in [5.74, 6) is 2.23. The van der Waals surface area contributed by atoms with Gasteiger partial charge in [0.15, 0.2) is 11.5 Å². The number of halogens is 3. The van der Waals surface area contributed by atoms with Gasteiger partial charge in [-0.3, -0.25) is 0 Å². The lowest BCUT2D eigenvalue weighted by Gasteiger charge is -2.39. The summed E-state index contributed by atoms with van der Waals surface area (Å²) in [5, 5.41) is 4.89. The molecule has 0 fully saturated rings. The second kappa shape index (κ2) is 9.49. The van der Waals surface area contributed by atoms with E-state index in [1.54, 1.807) is 13.2 Å². The first-order chi connectivity index (χ1) is 16.4. The molecular formula is C28H26BrCl2NO2. The third-order valence-corrected chi connectivity index (χ3v) is 8.12. The van der Waals surface area contributed by atoms with E-state index in [9.17, 15) is 0 Å². The lowest BCUT2D eigenvalue weighted by molar-refractivity contribution is 0.282. The number of hydrogen-bond acceptors (Lipinski definition) is 3. The van der Waals surface area contributed by atoms with E-state index in [4.69, 9.17) is 32.7 Å². The fraction of sp³-hybridized carbons (Fsp3) is 0.286. The van der Waals surface area contributed by atoms with E-state index in [-0.39, 0.29) is 6.04 Å². The lowest BCUT2D eigenvalue weighted by Crippen LogP contribution is -2.29. The summed E-state index contributed by atoms with van der Waals surface area (Å²) >= 11 is 15.9. The molecule has 1 N–H and O–H groups in total. The van der Waals surface area contributed by atoms with Crippen LogP contribution in [0.15, 0.2) is 59.1 Å². The number of anilines is 1. The van der Waals surface area contributed by atoms with Crippen LogP contribution in [0.4, 0.5) is 5.69 Å². The summed E-state index contributed by atoms with van der Waals surface area (Å²) in [6, 6.07) is 14.5. The molecule has 0 saturated carbocycles. The molecule has 3 atom stereocenters. The van der Waals surface area contributed by atoms with E-state index in [0.717, 1.165) is 16.5 Å². The maximum atomic E-state index is 6.16. The molecule has 1 aliphatic heterocycles. The van der Waals surface area contributed by atoms with Gasteiger partial charge in [0.2, 0.25) is 0 Å². The molecule has 0 radical (unpaired) electrons. The Morgan fingerprint density at radius 2 is 1.88 bits per heavy atom. The lowest BCUT2D eigenvalue weighted by atomic mass is 9.75. The molecule has 0 saturated heterocycles. The molecule has 34 heavy (non-hydrogen) atoms. The van der Waals surface area contributed by atoms with E-state index in [1.807, 2.05) is 12.1 Å². The monoisotopic (exact) mass is 557 g/mol. The maximum absolute atomic E-state index is 6.16. The Kier molecular flexibility index (Phi) is 6.58. The van der Waals surface area contributed by atoms with E-state index in [2.05, 4.69) is 71.5 Å². The Balaban J connectivity index is 1.46. The molecule has 0 aromatic heterocycles. The van der Waals surface area contributed by atoms with Gasteiger partial charge < -0.3 is 14.8 Å². The molecule has 6 heteroatoms. The summed E-state index contributed by atoms with van der Waals surface area (Å²) in [6.07, 6.45) is 5.74. The number of nitrogens with one attached hydrogen (secondary N) is 1. The van der Waals surface area contributed by atoms with Crippen molar-refractivity contribution in [1.29, 1.82) is 0 Å². The van der Waals surface area contributed by atoms with Gasteiger partial charge in [0, 0.05) is 11.6 Å². The van der Waals surface area contributed by atoms with Crippen LogP contribution < -0.4 is 14.8 Å². The average Bonchev–Trinajstić information content (AvgIpc) is 3.28. The molecule has 3 aromatic rings. The minimum Gasteiger partial charge on any atom is -0.493 e. The molecule has 3 nitrogen and oxygen atoms in total. The first kappa shape index (κ1) is 23.6. The average molecular weight is 559 g/mol. The van der Waals surface area contributed by atoms with Crippen LogP contribution in [0.25, 0.3) is 0 Å². The van der Waals surface area contributed by atoms with Crippen molar-refractivity contribution in [3.8, 4) is 11.5 Å². The van der Waals surface area contributed by atoms with Crippen molar-refractivity contribution in [2.24, 2.45) is 5.92 Å². The summed E-state index contributed by atoms with van der Waals surface area (Å²) in [6.45, 7) is 4.73. The van der Waals surface area contributed by atoms with Crippen LogP contribution in [-0.4, -0.2) is 7.11 Å². The Hall–Kier alpha value is -2.14. The molecule has 0 bridgehead atoms. The number of fused-ring (bicyclic) bond motifs is 3. The van der Waals surface area contributed by atoms with Gasteiger partial charge in [-0.15, -0.1) is 0 Å². The van der Waals surface area contributed by atoms with Crippen molar-refractivity contribution in [1.82, 2.24) is 0 Å². The summed E-state index contributed by atoms with van der Waals surface area (Å²) in [4.78, 5) is 0. The van der Waals surface area contributed by atoms with Crippen LogP contribution in [0.3, 0.4) is 0 Å². The quantitative estimate of drug-likeness (QED) is 0.317. The third-order valence-electron chi connectivity index (χ3n) is 6.79. The van der Waals surface area contributed by atoms with Crippen LogP contribution in [0.5, 0.6) is 11.5 Å². The second-order valence-electron chi connectivity index (χ2n) is 9.09. The standard InChI is InChI=1S/C28H26BrCl2NO2/c1-15-9-16(2)26-19-5-4-6-20(19)27(32-24(26)10-15)18-12-21(29)28(25(13-18)33-3)34-14-17-7-8-22(30)23(31)11-17/h4-5,7-13,19-20,27,32H,6,14H2,1-3H3/t19-,20+,27+/m1/s1. The molecule has 0 spiro atoms. The Morgan fingerprint density at radius 1 is 1.06 bits per heavy atom.